The monoisotopic (exact) mass is 684 g/mol. The molecule has 0 aliphatic heterocycles. The highest BCUT2D eigenvalue weighted by atomic mass is 16.6. The van der Waals surface area contributed by atoms with Gasteiger partial charge in [0.15, 0.2) is 0 Å². The van der Waals surface area contributed by atoms with Gasteiger partial charge in [0, 0.05) is 37.2 Å². The minimum atomic E-state index is -1.18. The fraction of sp³-hybridized carbons (Fsp3) is 0.324. The molecule has 0 aliphatic carbocycles. The number of methoxy groups -OCH3 is 1. The zero-order valence-electron chi connectivity index (χ0n) is 28.4. The first kappa shape index (κ1) is 37.3. The van der Waals surface area contributed by atoms with E-state index in [0.717, 1.165) is 11.1 Å². The molecule has 50 heavy (non-hydrogen) atoms. The summed E-state index contributed by atoms with van der Waals surface area (Å²) in [7, 11) is 1.57. The average Bonchev–Trinajstić information content (AvgIpc) is 3.13. The molecule has 4 aromatic rings. The summed E-state index contributed by atoms with van der Waals surface area (Å²) >= 11 is 0. The number of amides is 3. The second-order valence-corrected chi connectivity index (χ2v) is 11.9. The first-order valence-electron chi connectivity index (χ1n) is 16.3. The van der Waals surface area contributed by atoms with Crippen molar-refractivity contribution in [3.05, 3.63) is 126 Å². The van der Waals surface area contributed by atoms with Gasteiger partial charge in [0.05, 0.1) is 24.9 Å². The van der Waals surface area contributed by atoms with Crippen molar-refractivity contribution in [1.82, 2.24) is 31.0 Å². The Hall–Kier alpha value is -5.53. The van der Waals surface area contributed by atoms with Crippen LogP contribution in [0.25, 0.3) is 0 Å². The highest BCUT2D eigenvalue weighted by molar-refractivity contribution is 5.86. The van der Waals surface area contributed by atoms with Crippen molar-refractivity contribution in [3.8, 4) is 5.75 Å². The summed E-state index contributed by atoms with van der Waals surface area (Å²) in [6.07, 6.45) is 2.41. The maximum atomic E-state index is 13.7. The van der Waals surface area contributed by atoms with E-state index < -0.39 is 36.3 Å². The van der Waals surface area contributed by atoms with Crippen molar-refractivity contribution >= 4 is 18.1 Å². The molecule has 0 bridgehead atoms. The van der Waals surface area contributed by atoms with Crippen LogP contribution in [0.1, 0.15) is 36.2 Å². The summed E-state index contributed by atoms with van der Waals surface area (Å²) in [4.78, 5) is 47.5. The molecule has 0 spiro atoms. The van der Waals surface area contributed by atoms with E-state index in [1.807, 2.05) is 42.5 Å². The van der Waals surface area contributed by atoms with Crippen molar-refractivity contribution in [3.63, 3.8) is 0 Å². The Balaban J connectivity index is 1.48. The van der Waals surface area contributed by atoms with Gasteiger partial charge in [-0.1, -0.05) is 68.4 Å². The van der Waals surface area contributed by atoms with Crippen molar-refractivity contribution < 1.29 is 33.7 Å². The van der Waals surface area contributed by atoms with E-state index in [2.05, 4.69) is 26.0 Å². The normalized spacial score (nSPS) is 12.8. The van der Waals surface area contributed by atoms with E-state index in [0.29, 0.717) is 17.0 Å². The lowest BCUT2D eigenvalue weighted by Crippen LogP contribution is -2.57. The summed E-state index contributed by atoms with van der Waals surface area (Å²) in [5, 5.41) is 18.8. The SMILES string of the molecule is COc1ccc(CN(C[C@H](O)[C@H](Cc2ccccc2)NC(=O)[C@@H](NC(=O)OCc2ccccn2)C(C)C)NC(=O)OCc2cccnc2)cc1. The molecule has 0 saturated carbocycles. The zero-order chi connectivity index (χ0) is 35.7. The summed E-state index contributed by atoms with van der Waals surface area (Å²) in [5.41, 5.74) is 5.69. The van der Waals surface area contributed by atoms with E-state index in [9.17, 15) is 19.5 Å². The van der Waals surface area contributed by atoms with Crippen molar-refractivity contribution in [1.29, 1.82) is 0 Å². The largest absolute Gasteiger partial charge is 0.497 e. The Morgan fingerprint density at radius 2 is 1.52 bits per heavy atom. The molecule has 0 saturated heterocycles. The molecule has 264 valence electrons. The molecule has 0 radical (unpaired) electrons. The smallest absolute Gasteiger partial charge is 0.422 e. The number of nitrogens with one attached hydrogen (secondary N) is 3. The number of carbonyl (C=O) groups excluding carboxylic acids is 3. The van der Waals surface area contributed by atoms with Crippen LogP contribution in [0.2, 0.25) is 0 Å². The van der Waals surface area contributed by atoms with Gasteiger partial charge in [-0.3, -0.25) is 20.2 Å². The third kappa shape index (κ3) is 12.5. The van der Waals surface area contributed by atoms with E-state index in [4.69, 9.17) is 14.2 Å². The molecule has 3 amide bonds. The molecule has 0 unspecified atom stereocenters. The maximum Gasteiger partial charge on any atom is 0.422 e. The van der Waals surface area contributed by atoms with Crippen LogP contribution in [0, 0.1) is 5.92 Å². The highest BCUT2D eigenvalue weighted by Crippen LogP contribution is 2.15. The standard InChI is InChI=1S/C37H44N6O7/c1-26(2)34(41-36(46)50-25-30-13-7-8-19-39-30)35(45)40-32(20-27-10-5-4-6-11-27)33(44)23-43(22-28-14-16-31(48-3)17-15-28)42-37(47)49-24-29-12-9-18-38-21-29/h4-19,21,26,32-34,44H,20,22-25H2,1-3H3,(H,40,45)(H,41,46)(H,42,47)/t32-,33-,34-/m0/s1. The van der Waals surface area contributed by atoms with Gasteiger partial charge in [-0.2, -0.15) is 0 Å². The molecule has 2 heterocycles. The van der Waals surface area contributed by atoms with Crippen LogP contribution in [-0.4, -0.2) is 70.0 Å². The van der Waals surface area contributed by atoms with Gasteiger partial charge < -0.3 is 30.0 Å². The van der Waals surface area contributed by atoms with E-state index in [-0.39, 0.29) is 38.6 Å². The Morgan fingerprint density at radius 3 is 2.18 bits per heavy atom. The van der Waals surface area contributed by atoms with Gasteiger partial charge in [0.1, 0.15) is 25.0 Å². The number of benzene rings is 2. The lowest BCUT2D eigenvalue weighted by molar-refractivity contribution is -0.125. The van der Waals surface area contributed by atoms with Gasteiger partial charge in [-0.25, -0.2) is 14.6 Å². The molecule has 13 nitrogen and oxygen atoms in total. The molecule has 2 aromatic carbocycles. The van der Waals surface area contributed by atoms with Crippen LogP contribution < -0.4 is 20.8 Å². The molecule has 3 atom stereocenters. The van der Waals surface area contributed by atoms with E-state index in [1.165, 1.54) is 5.01 Å². The number of ether oxygens (including phenoxy) is 3. The molecule has 4 rings (SSSR count). The quantitative estimate of drug-likeness (QED) is 0.119. The summed E-state index contributed by atoms with van der Waals surface area (Å²) in [6, 6.07) is 23.7. The first-order chi connectivity index (χ1) is 24.2. The topological polar surface area (TPSA) is 164 Å². The van der Waals surface area contributed by atoms with Crippen LogP contribution in [0.15, 0.2) is 104 Å². The number of hydrazine groups is 1. The molecule has 2 aromatic heterocycles. The predicted octanol–water partition coefficient (Wildman–Crippen LogP) is 4.17. The zero-order valence-corrected chi connectivity index (χ0v) is 28.4. The molecule has 0 fully saturated rings. The number of carbonyl (C=O) groups is 3. The summed E-state index contributed by atoms with van der Waals surface area (Å²) in [5.74, 6) is -0.140. The van der Waals surface area contributed by atoms with Crippen molar-refractivity contribution in [2.75, 3.05) is 13.7 Å². The predicted molar refractivity (Wildman–Crippen MR) is 185 cm³/mol. The highest BCUT2D eigenvalue weighted by Gasteiger charge is 2.31. The summed E-state index contributed by atoms with van der Waals surface area (Å²) < 4.78 is 16.0. The number of pyridine rings is 2. The minimum absolute atomic E-state index is 0.000815. The van der Waals surface area contributed by atoms with Gasteiger partial charge in [-0.05, 0) is 53.8 Å². The number of aromatic nitrogens is 2. The third-order valence-corrected chi connectivity index (χ3v) is 7.67. The van der Waals surface area contributed by atoms with Gasteiger partial charge in [0.2, 0.25) is 5.91 Å². The number of aliphatic hydroxyl groups excluding tert-OH is 1. The van der Waals surface area contributed by atoms with Gasteiger partial charge >= 0.3 is 12.2 Å². The van der Waals surface area contributed by atoms with Crippen LogP contribution >= 0.6 is 0 Å². The fourth-order valence-corrected chi connectivity index (χ4v) is 5.00. The van der Waals surface area contributed by atoms with Gasteiger partial charge in [0.25, 0.3) is 0 Å². The molecular weight excluding hydrogens is 640 g/mol. The number of alkyl carbamates (subject to hydrolysis) is 1. The second-order valence-electron chi connectivity index (χ2n) is 11.9. The molecule has 4 N–H and O–H groups in total. The maximum absolute atomic E-state index is 13.7. The Labute approximate surface area is 292 Å². The number of hydrogen-bond acceptors (Lipinski definition) is 10. The molecule has 13 heteroatoms. The van der Waals surface area contributed by atoms with Crippen LogP contribution in [0.4, 0.5) is 9.59 Å². The average molecular weight is 685 g/mol. The Bertz CT molecular complexity index is 1610. The summed E-state index contributed by atoms with van der Waals surface area (Å²) in [6.45, 7) is 3.65. The fourth-order valence-electron chi connectivity index (χ4n) is 5.00. The first-order valence-corrected chi connectivity index (χ1v) is 16.3. The van der Waals surface area contributed by atoms with Gasteiger partial charge in [-0.15, -0.1) is 0 Å². The number of hydrogen-bond donors (Lipinski definition) is 4. The number of nitrogens with zero attached hydrogens (tertiary/aromatic N) is 3. The lowest BCUT2D eigenvalue weighted by Gasteiger charge is -2.32. The molecular formula is C37H44N6O7. The van der Waals surface area contributed by atoms with Crippen molar-refractivity contribution in [2.45, 2.75) is 58.2 Å². The number of rotatable bonds is 17. The van der Waals surface area contributed by atoms with Crippen LogP contribution in [0.3, 0.4) is 0 Å². The second kappa shape index (κ2) is 19.5. The Morgan fingerprint density at radius 1 is 0.800 bits per heavy atom. The number of aliphatic hydroxyl groups is 1. The van der Waals surface area contributed by atoms with Crippen molar-refractivity contribution in [2.24, 2.45) is 5.92 Å². The van der Waals surface area contributed by atoms with E-state index >= 15 is 0 Å². The molecule has 0 aliphatic rings. The van der Waals surface area contributed by atoms with E-state index in [1.54, 1.807) is 82.0 Å². The van der Waals surface area contributed by atoms with Crippen LogP contribution in [0.5, 0.6) is 5.75 Å². The Kier molecular flexibility index (Phi) is 14.5. The lowest BCUT2D eigenvalue weighted by atomic mass is 9.98. The minimum Gasteiger partial charge on any atom is -0.497 e. The van der Waals surface area contributed by atoms with Crippen LogP contribution in [-0.2, 0) is 40.4 Å². The third-order valence-electron chi connectivity index (χ3n) is 7.67.